The summed E-state index contributed by atoms with van der Waals surface area (Å²) in [6, 6.07) is 17.7. The molecular weight excluding hydrogens is 278 g/mol. The van der Waals surface area contributed by atoms with Crippen molar-refractivity contribution in [2.24, 2.45) is 0 Å². The van der Waals surface area contributed by atoms with E-state index >= 15 is 0 Å². The first-order chi connectivity index (χ1) is 10.8. The van der Waals surface area contributed by atoms with E-state index in [4.69, 9.17) is 4.74 Å². The summed E-state index contributed by atoms with van der Waals surface area (Å²) in [5.74, 6) is 0.714. The fourth-order valence-corrected chi connectivity index (χ4v) is 2.42. The molecule has 0 aliphatic rings. The number of hydrogen-bond acceptors (Lipinski definition) is 4. The van der Waals surface area contributed by atoms with Crippen LogP contribution < -0.4 is 4.74 Å². The minimum Gasteiger partial charge on any atom is -0.494 e. The van der Waals surface area contributed by atoms with Gasteiger partial charge in [-0.2, -0.15) is 0 Å². The number of aliphatic hydroxyl groups excluding tert-OH is 1. The topological polar surface area (TPSA) is 60.2 Å². The number of rotatable bonds is 5. The smallest absolute Gasteiger partial charge is 0.144 e. The average Bonchev–Trinajstić information content (AvgIpc) is 2.98. The Bertz CT molecular complexity index is 754. The fraction of sp³-hybridized carbons (Fsp3) is 0.176. The summed E-state index contributed by atoms with van der Waals surface area (Å²) in [6.07, 6.45) is 0.641. The van der Waals surface area contributed by atoms with Crippen molar-refractivity contribution in [1.82, 2.24) is 15.0 Å². The Morgan fingerprint density at radius 3 is 2.50 bits per heavy atom. The molecule has 1 N–H and O–H groups in total. The van der Waals surface area contributed by atoms with Crippen LogP contribution >= 0.6 is 0 Å². The van der Waals surface area contributed by atoms with E-state index < -0.39 is 0 Å². The predicted molar refractivity (Wildman–Crippen MR) is 83.1 cm³/mol. The Kier molecular flexibility index (Phi) is 4.16. The van der Waals surface area contributed by atoms with E-state index in [1.54, 1.807) is 11.8 Å². The first kappa shape index (κ1) is 14.3. The van der Waals surface area contributed by atoms with Crippen LogP contribution in [0.3, 0.4) is 0 Å². The molecule has 22 heavy (non-hydrogen) atoms. The zero-order chi connectivity index (χ0) is 15.4. The second kappa shape index (κ2) is 6.41. The van der Waals surface area contributed by atoms with Crippen LogP contribution in [-0.2, 0) is 13.0 Å². The van der Waals surface area contributed by atoms with Crippen molar-refractivity contribution in [2.75, 3.05) is 7.11 Å². The summed E-state index contributed by atoms with van der Waals surface area (Å²) < 4.78 is 7.13. The fourth-order valence-electron chi connectivity index (χ4n) is 2.42. The van der Waals surface area contributed by atoms with Crippen LogP contribution in [-0.4, -0.2) is 27.2 Å². The molecule has 0 aliphatic heterocycles. The van der Waals surface area contributed by atoms with E-state index in [9.17, 15) is 5.11 Å². The van der Waals surface area contributed by atoms with Gasteiger partial charge in [-0.05, 0) is 17.7 Å². The van der Waals surface area contributed by atoms with Crippen molar-refractivity contribution in [3.63, 3.8) is 0 Å². The minimum atomic E-state index is -0.142. The van der Waals surface area contributed by atoms with Gasteiger partial charge >= 0.3 is 0 Å². The van der Waals surface area contributed by atoms with Gasteiger partial charge in [0, 0.05) is 6.42 Å². The lowest BCUT2D eigenvalue weighted by atomic mass is 10.1. The van der Waals surface area contributed by atoms with Crippen LogP contribution in [0.5, 0.6) is 5.75 Å². The van der Waals surface area contributed by atoms with Crippen molar-refractivity contribution in [1.29, 1.82) is 0 Å². The van der Waals surface area contributed by atoms with Gasteiger partial charge in [-0.15, -0.1) is 5.10 Å². The van der Waals surface area contributed by atoms with Crippen molar-refractivity contribution in [2.45, 2.75) is 13.0 Å². The van der Waals surface area contributed by atoms with Gasteiger partial charge in [0.2, 0.25) is 0 Å². The standard InChI is InChI=1S/C17H17N3O2/c1-22-17-10-6-5-9-15(17)20-16(14(12-21)18-19-20)11-13-7-3-2-4-8-13/h2-10,21H,11-12H2,1H3. The minimum absolute atomic E-state index is 0.142. The maximum absolute atomic E-state index is 9.54. The molecule has 112 valence electrons. The van der Waals surface area contributed by atoms with Crippen LogP contribution in [0.1, 0.15) is 17.0 Å². The summed E-state index contributed by atoms with van der Waals surface area (Å²) in [6.45, 7) is -0.142. The highest BCUT2D eigenvalue weighted by molar-refractivity contribution is 5.47. The van der Waals surface area contributed by atoms with Crippen molar-refractivity contribution < 1.29 is 9.84 Å². The summed E-state index contributed by atoms with van der Waals surface area (Å²) in [5, 5.41) is 17.8. The second-order valence-electron chi connectivity index (χ2n) is 4.89. The molecule has 1 aromatic heterocycles. The van der Waals surface area contributed by atoms with Gasteiger partial charge in [0.25, 0.3) is 0 Å². The van der Waals surface area contributed by atoms with Crippen molar-refractivity contribution >= 4 is 0 Å². The SMILES string of the molecule is COc1ccccc1-n1nnc(CO)c1Cc1ccccc1. The van der Waals surface area contributed by atoms with Crippen molar-refractivity contribution in [3.05, 3.63) is 71.5 Å². The third kappa shape index (κ3) is 2.71. The molecule has 0 aliphatic carbocycles. The largest absolute Gasteiger partial charge is 0.494 e. The summed E-state index contributed by atoms with van der Waals surface area (Å²) in [4.78, 5) is 0. The molecule has 0 bridgehead atoms. The number of benzene rings is 2. The third-order valence-corrected chi connectivity index (χ3v) is 3.52. The van der Waals surface area contributed by atoms with E-state index in [0.29, 0.717) is 17.9 Å². The van der Waals surface area contributed by atoms with Gasteiger partial charge in [0.15, 0.2) is 0 Å². The Morgan fingerprint density at radius 1 is 1.05 bits per heavy atom. The molecule has 0 saturated carbocycles. The molecule has 3 rings (SSSR count). The van der Waals surface area contributed by atoms with Gasteiger partial charge in [-0.3, -0.25) is 0 Å². The molecule has 5 nitrogen and oxygen atoms in total. The lowest BCUT2D eigenvalue weighted by molar-refractivity contribution is 0.275. The number of para-hydroxylation sites is 2. The molecule has 0 radical (unpaired) electrons. The molecule has 5 heteroatoms. The summed E-state index contributed by atoms with van der Waals surface area (Å²) in [5.41, 5.74) is 3.38. The molecule has 0 spiro atoms. The number of aromatic nitrogens is 3. The maximum Gasteiger partial charge on any atom is 0.144 e. The molecule has 1 heterocycles. The van der Waals surface area contributed by atoms with Gasteiger partial charge in [0.05, 0.1) is 19.4 Å². The Morgan fingerprint density at radius 2 is 1.77 bits per heavy atom. The van der Waals surface area contributed by atoms with Crippen LogP contribution in [0.25, 0.3) is 5.69 Å². The normalized spacial score (nSPS) is 10.6. The van der Waals surface area contributed by atoms with Crippen molar-refractivity contribution in [3.8, 4) is 11.4 Å². The lowest BCUT2D eigenvalue weighted by Gasteiger charge is -2.11. The van der Waals surface area contributed by atoms with E-state index in [1.807, 2.05) is 54.6 Å². The zero-order valence-electron chi connectivity index (χ0n) is 12.3. The molecule has 0 unspecified atom stereocenters. The van der Waals surface area contributed by atoms with Crippen LogP contribution in [0.15, 0.2) is 54.6 Å². The average molecular weight is 295 g/mol. The maximum atomic E-state index is 9.54. The van der Waals surface area contributed by atoms with Gasteiger partial charge in [-0.1, -0.05) is 47.7 Å². The molecule has 3 aromatic rings. The van der Waals surface area contributed by atoms with Gasteiger partial charge in [0.1, 0.15) is 17.1 Å². The van der Waals surface area contributed by atoms with Gasteiger partial charge in [-0.25, -0.2) is 4.68 Å². The number of ether oxygens (including phenoxy) is 1. The zero-order valence-corrected chi connectivity index (χ0v) is 12.3. The van der Waals surface area contributed by atoms with Crippen LogP contribution in [0, 0.1) is 0 Å². The summed E-state index contributed by atoms with van der Waals surface area (Å²) >= 11 is 0. The molecular formula is C17H17N3O2. The number of aliphatic hydroxyl groups is 1. The number of methoxy groups -OCH3 is 1. The summed E-state index contributed by atoms with van der Waals surface area (Å²) in [7, 11) is 1.62. The van der Waals surface area contributed by atoms with E-state index in [2.05, 4.69) is 10.3 Å². The van der Waals surface area contributed by atoms with Gasteiger partial charge < -0.3 is 9.84 Å². The quantitative estimate of drug-likeness (QED) is 0.785. The number of nitrogens with zero attached hydrogens (tertiary/aromatic N) is 3. The van der Waals surface area contributed by atoms with E-state index in [-0.39, 0.29) is 6.61 Å². The highest BCUT2D eigenvalue weighted by atomic mass is 16.5. The molecule has 0 saturated heterocycles. The van der Waals surface area contributed by atoms with Crippen LogP contribution in [0.2, 0.25) is 0 Å². The highest BCUT2D eigenvalue weighted by Crippen LogP contribution is 2.24. The first-order valence-corrected chi connectivity index (χ1v) is 7.05. The second-order valence-corrected chi connectivity index (χ2v) is 4.89. The van der Waals surface area contributed by atoms with E-state index in [1.165, 1.54) is 0 Å². The number of hydrogen-bond donors (Lipinski definition) is 1. The Balaban J connectivity index is 2.07. The Hall–Kier alpha value is -2.66. The first-order valence-electron chi connectivity index (χ1n) is 7.05. The molecule has 0 fully saturated rings. The lowest BCUT2D eigenvalue weighted by Crippen LogP contribution is -2.06. The molecule has 0 atom stereocenters. The Labute approximate surface area is 128 Å². The highest BCUT2D eigenvalue weighted by Gasteiger charge is 2.16. The van der Waals surface area contributed by atoms with Crippen LogP contribution in [0.4, 0.5) is 0 Å². The predicted octanol–water partition coefficient (Wildman–Crippen LogP) is 2.36. The van der Waals surface area contributed by atoms with E-state index in [0.717, 1.165) is 16.9 Å². The third-order valence-electron chi connectivity index (χ3n) is 3.52. The monoisotopic (exact) mass is 295 g/mol. The molecule has 2 aromatic carbocycles. The molecule has 0 amide bonds.